The molecule has 3 aromatic heterocycles. The molecule has 0 aliphatic heterocycles. The number of aryl methyl sites for hydroxylation is 2. The minimum atomic E-state index is -0.378. The first-order valence-corrected chi connectivity index (χ1v) is 8.91. The molecule has 0 aliphatic carbocycles. The summed E-state index contributed by atoms with van der Waals surface area (Å²) >= 11 is 0. The van der Waals surface area contributed by atoms with E-state index in [0.717, 1.165) is 24.3 Å². The Labute approximate surface area is 150 Å². The summed E-state index contributed by atoms with van der Waals surface area (Å²) in [5.41, 5.74) is 0.577. The fraction of sp³-hybridized carbons (Fsp3) is 0.500. The zero-order valence-corrected chi connectivity index (χ0v) is 15.3. The van der Waals surface area contributed by atoms with Crippen LogP contribution in [-0.2, 0) is 20.0 Å². The highest BCUT2D eigenvalue weighted by Gasteiger charge is 2.14. The van der Waals surface area contributed by atoms with Gasteiger partial charge in [0.2, 0.25) is 0 Å². The first-order chi connectivity index (χ1) is 12.6. The average Bonchev–Trinajstić information content (AvgIpc) is 3.12. The van der Waals surface area contributed by atoms with Gasteiger partial charge >= 0.3 is 5.69 Å². The third-order valence-corrected chi connectivity index (χ3v) is 4.79. The van der Waals surface area contributed by atoms with Crippen molar-refractivity contribution in [1.29, 1.82) is 0 Å². The summed E-state index contributed by atoms with van der Waals surface area (Å²) in [5, 5.41) is 4.49. The van der Waals surface area contributed by atoms with Crippen molar-refractivity contribution in [3.8, 4) is 0 Å². The van der Waals surface area contributed by atoms with Gasteiger partial charge in [0.1, 0.15) is 17.5 Å². The fourth-order valence-electron chi connectivity index (χ4n) is 3.20. The maximum atomic E-state index is 12.5. The molecule has 0 radical (unpaired) electrons. The maximum absolute atomic E-state index is 12.5. The maximum Gasteiger partial charge on any atom is 0.332 e. The topological polar surface area (TPSA) is 95.8 Å². The molecule has 8 heteroatoms. The van der Waals surface area contributed by atoms with Crippen LogP contribution in [0, 0.1) is 0 Å². The molecule has 0 spiro atoms. The molecule has 0 aliphatic rings. The zero-order valence-electron chi connectivity index (χ0n) is 15.3. The van der Waals surface area contributed by atoms with Crippen molar-refractivity contribution in [2.24, 2.45) is 7.05 Å². The Morgan fingerprint density at radius 2 is 2.00 bits per heavy atom. The molecule has 0 saturated carbocycles. The van der Waals surface area contributed by atoms with Crippen LogP contribution in [0.5, 0.6) is 0 Å². The molecule has 0 saturated heterocycles. The van der Waals surface area contributed by atoms with Gasteiger partial charge < -0.3 is 4.52 Å². The first kappa shape index (κ1) is 18.0. The van der Waals surface area contributed by atoms with E-state index in [1.165, 1.54) is 21.7 Å². The van der Waals surface area contributed by atoms with Crippen LogP contribution in [0.4, 0.5) is 0 Å². The van der Waals surface area contributed by atoms with E-state index in [9.17, 15) is 9.59 Å². The van der Waals surface area contributed by atoms with Crippen molar-refractivity contribution in [2.75, 3.05) is 0 Å². The fourth-order valence-corrected chi connectivity index (χ4v) is 3.20. The quantitative estimate of drug-likeness (QED) is 0.642. The third-order valence-electron chi connectivity index (χ3n) is 4.79. The van der Waals surface area contributed by atoms with Gasteiger partial charge in [0.05, 0.1) is 5.69 Å². The van der Waals surface area contributed by atoms with E-state index >= 15 is 0 Å². The predicted octanol–water partition coefficient (Wildman–Crippen LogP) is 2.01. The molecule has 0 amide bonds. The molecule has 0 bridgehead atoms. The van der Waals surface area contributed by atoms with Crippen molar-refractivity contribution in [1.82, 2.24) is 24.3 Å². The lowest BCUT2D eigenvalue weighted by molar-refractivity contribution is 0.365. The number of rotatable bonds is 7. The molecule has 0 fully saturated rings. The molecule has 3 rings (SSSR count). The van der Waals surface area contributed by atoms with Crippen molar-refractivity contribution >= 4 is 11.0 Å². The Morgan fingerprint density at radius 1 is 1.23 bits per heavy atom. The second-order valence-electron chi connectivity index (χ2n) is 6.39. The lowest BCUT2D eigenvalue weighted by atomic mass is 9.99. The first-order valence-electron chi connectivity index (χ1n) is 8.91. The second kappa shape index (κ2) is 7.63. The largest absolute Gasteiger partial charge is 0.361 e. The standard InChI is InChI=1S/C18H23N5O3/c1-4-12(5-2)15-9-13(26-21-15)7-6-8-23-17(24)14-10-19-11-20-16(14)22(3)18(23)25/h9-12H,4-8H2,1-3H3. The van der Waals surface area contributed by atoms with Crippen LogP contribution in [0.1, 0.15) is 50.5 Å². The van der Waals surface area contributed by atoms with Crippen LogP contribution < -0.4 is 11.2 Å². The van der Waals surface area contributed by atoms with Gasteiger partial charge in [-0.2, -0.15) is 0 Å². The van der Waals surface area contributed by atoms with Crippen molar-refractivity contribution < 1.29 is 4.52 Å². The number of nitrogens with zero attached hydrogens (tertiary/aromatic N) is 5. The summed E-state index contributed by atoms with van der Waals surface area (Å²) < 4.78 is 8.00. The van der Waals surface area contributed by atoms with E-state index in [1.54, 1.807) is 7.05 Å². The number of fused-ring (bicyclic) bond motifs is 1. The zero-order chi connectivity index (χ0) is 18.7. The highest BCUT2D eigenvalue weighted by atomic mass is 16.5. The van der Waals surface area contributed by atoms with Crippen molar-refractivity contribution in [2.45, 2.75) is 52.0 Å². The smallest absolute Gasteiger partial charge is 0.332 e. The molecule has 0 unspecified atom stereocenters. The summed E-state index contributed by atoms with van der Waals surface area (Å²) in [7, 11) is 1.60. The molecular formula is C18H23N5O3. The number of aromatic nitrogens is 5. The van der Waals surface area contributed by atoms with Gasteiger partial charge in [-0.15, -0.1) is 0 Å². The molecule has 0 atom stereocenters. The number of hydrogen-bond donors (Lipinski definition) is 0. The molecule has 26 heavy (non-hydrogen) atoms. The summed E-state index contributed by atoms with van der Waals surface area (Å²) in [6, 6.07) is 1.98. The van der Waals surface area contributed by atoms with Gasteiger partial charge in [-0.3, -0.25) is 13.9 Å². The summed E-state index contributed by atoms with van der Waals surface area (Å²) in [4.78, 5) is 32.9. The van der Waals surface area contributed by atoms with E-state index in [2.05, 4.69) is 29.0 Å². The monoisotopic (exact) mass is 357 g/mol. The van der Waals surface area contributed by atoms with Crippen LogP contribution in [-0.4, -0.2) is 24.3 Å². The van der Waals surface area contributed by atoms with Crippen LogP contribution in [0.2, 0.25) is 0 Å². The van der Waals surface area contributed by atoms with E-state index in [1.807, 2.05) is 6.07 Å². The van der Waals surface area contributed by atoms with Gasteiger partial charge in [0.15, 0.2) is 5.65 Å². The average molecular weight is 357 g/mol. The van der Waals surface area contributed by atoms with Gasteiger partial charge in [0.25, 0.3) is 5.56 Å². The highest BCUT2D eigenvalue weighted by Crippen LogP contribution is 2.22. The molecule has 8 nitrogen and oxygen atoms in total. The summed E-state index contributed by atoms with van der Waals surface area (Å²) in [6.07, 6.45) is 6.03. The van der Waals surface area contributed by atoms with Crippen LogP contribution in [0.25, 0.3) is 11.0 Å². The van der Waals surface area contributed by atoms with Gasteiger partial charge in [-0.05, 0) is 19.3 Å². The van der Waals surface area contributed by atoms with Crippen LogP contribution >= 0.6 is 0 Å². The van der Waals surface area contributed by atoms with E-state index < -0.39 is 0 Å². The van der Waals surface area contributed by atoms with Gasteiger partial charge in [-0.1, -0.05) is 19.0 Å². The minimum Gasteiger partial charge on any atom is -0.361 e. The Hall–Kier alpha value is -2.77. The number of hydrogen-bond acceptors (Lipinski definition) is 6. The van der Waals surface area contributed by atoms with E-state index in [0.29, 0.717) is 36.3 Å². The molecule has 138 valence electrons. The molecule has 3 aromatic rings. The van der Waals surface area contributed by atoms with Crippen molar-refractivity contribution in [3.05, 3.63) is 50.9 Å². The van der Waals surface area contributed by atoms with Crippen molar-refractivity contribution in [3.63, 3.8) is 0 Å². The molecule has 3 heterocycles. The SMILES string of the molecule is CCC(CC)c1cc(CCCn2c(=O)c3cncnc3n(C)c2=O)on1. The highest BCUT2D eigenvalue weighted by molar-refractivity contribution is 5.72. The summed E-state index contributed by atoms with van der Waals surface area (Å²) in [5.74, 6) is 1.18. The lowest BCUT2D eigenvalue weighted by Gasteiger charge is -2.09. The lowest BCUT2D eigenvalue weighted by Crippen LogP contribution is -2.39. The van der Waals surface area contributed by atoms with Crippen LogP contribution in [0.15, 0.2) is 32.7 Å². The third kappa shape index (κ3) is 3.31. The Morgan fingerprint density at radius 3 is 2.73 bits per heavy atom. The van der Waals surface area contributed by atoms with Crippen LogP contribution in [0.3, 0.4) is 0 Å². The Bertz CT molecular complexity index is 1010. The minimum absolute atomic E-state index is 0.303. The normalized spacial score (nSPS) is 11.5. The molecule has 0 N–H and O–H groups in total. The predicted molar refractivity (Wildman–Crippen MR) is 97.2 cm³/mol. The van der Waals surface area contributed by atoms with E-state index in [4.69, 9.17) is 4.52 Å². The van der Waals surface area contributed by atoms with Gasteiger partial charge in [0, 0.05) is 38.2 Å². The molecule has 0 aromatic carbocycles. The second-order valence-corrected chi connectivity index (χ2v) is 6.39. The Balaban J connectivity index is 1.77. The molecular weight excluding hydrogens is 334 g/mol. The Kier molecular flexibility index (Phi) is 5.29. The van der Waals surface area contributed by atoms with E-state index in [-0.39, 0.29) is 11.2 Å². The van der Waals surface area contributed by atoms with Gasteiger partial charge in [-0.25, -0.2) is 14.8 Å². The summed E-state index contributed by atoms with van der Waals surface area (Å²) in [6.45, 7) is 4.57.